The SMILES string of the molecule is O=C(O)CC1CCCN1C(=O)NC1CCN2CCCC2C1. The molecule has 0 radical (unpaired) electrons. The summed E-state index contributed by atoms with van der Waals surface area (Å²) < 4.78 is 0. The quantitative estimate of drug-likeness (QED) is 0.822. The Labute approximate surface area is 125 Å². The second kappa shape index (κ2) is 6.22. The molecule has 3 rings (SSSR count). The highest BCUT2D eigenvalue weighted by Crippen LogP contribution is 2.27. The molecule has 0 aliphatic carbocycles. The third kappa shape index (κ3) is 3.31. The lowest BCUT2D eigenvalue weighted by atomic mass is 9.98. The first-order chi connectivity index (χ1) is 10.1. The molecule has 0 aromatic rings. The zero-order valence-corrected chi connectivity index (χ0v) is 12.5. The number of likely N-dealkylation sites (tertiary alicyclic amines) is 1. The first-order valence-electron chi connectivity index (χ1n) is 8.16. The smallest absolute Gasteiger partial charge is 0.317 e. The fraction of sp³-hybridized carbons (Fsp3) is 0.867. The molecule has 3 aliphatic rings. The maximum absolute atomic E-state index is 12.4. The molecule has 0 spiro atoms. The molecule has 3 heterocycles. The molecule has 3 aliphatic heterocycles. The third-order valence-corrected chi connectivity index (χ3v) is 5.20. The molecular weight excluding hydrogens is 270 g/mol. The number of amides is 2. The number of nitrogens with one attached hydrogen (secondary N) is 1. The van der Waals surface area contributed by atoms with Crippen LogP contribution in [0.15, 0.2) is 0 Å². The monoisotopic (exact) mass is 295 g/mol. The summed E-state index contributed by atoms with van der Waals surface area (Å²) >= 11 is 0. The molecule has 0 aromatic carbocycles. The minimum atomic E-state index is -0.820. The summed E-state index contributed by atoms with van der Waals surface area (Å²) in [5.74, 6) is -0.820. The number of hydrogen-bond acceptors (Lipinski definition) is 3. The number of carbonyl (C=O) groups excluding carboxylic acids is 1. The molecule has 0 bridgehead atoms. The van der Waals surface area contributed by atoms with Gasteiger partial charge in [0.25, 0.3) is 0 Å². The van der Waals surface area contributed by atoms with Crippen LogP contribution in [-0.2, 0) is 4.79 Å². The summed E-state index contributed by atoms with van der Waals surface area (Å²) in [6, 6.07) is 0.699. The Morgan fingerprint density at radius 1 is 1.10 bits per heavy atom. The number of carbonyl (C=O) groups is 2. The normalized spacial score (nSPS) is 33.0. The van der Waals surface area contributed by atoms with Gasteiger partial charge in [-0.05, 0) is 45.1 Å². The van der Waals surface area contributed by atoms with Crippen molar-refractivity contribution < 1.29 is 14.7 Å². The van der Waals surface area contributed by atoms with E-state index >= 15 is 0 Å². The number of aliphatic carboxylic acids is 1. The number of carboxylic acids is 1. The van der Waals surface area contributed by atoms with Crippen molar-refractivity contribution in [3.8, 4) is 0 Å². The van der Waals surface area contributed by atoms with Crippen molar-refractivity contribution in [1.29, 1.82) is 0 Å². The summed E-state index contributed by atoms with van der Waals surface area (Å²) in [5.41, 5.74) is 0. The van der Waals surface area contributed by atoms with Crippen LogP contribution in [0.5, 0.6) is 0 Å². The van der Waals surface area contributed by atoms with E-state index in [1.807, 2.05) is 0 Å². The molecule has 6 heteroatoms. The van der Waals surface area contributed by atoms with Crippen LogP contribution in [0.3, 0.4) is 0 Å². The van der Waals surface area contributed by atoms with Crippen LogP contribution in [0.4, 0.5) is 4.79 Å². The van der Waals surface area contributed by atoms with Crippen LogP contribution in [0.2, 0.25) is 0 Å². The van der Waals surface area contributed by atoms with Crippen LogP contribution in [-0.4, -0.2) is 64.7 Å². The average molecular weight is 295 g/mol. The largest absolute Gasteiger partial charge is 0.481 e. The molecule has 3 saturated heterocycles. The van der Waals surface area contributed by atoms with E-state index in [1.54, 1.807) is 4.90 Å². The molecule has 2 N–H and O–H groups in total. The standard InChI is InChI=1S/C15H25N3O3/c19-14(20)10-13-4-2-7-18(13)15(21)16-11-5-8-17-6-1-3-12(17)9-11/h11-13H,1-10H2,(H,16,21)(H,19,20). The van der Waals surface area contributed by atoms with Crippen LogP contribution in [0.25, 0.3) is 0 Å². The second-order valence-corrected chi connectivity index (χ2v) is 6.59. The number of carboxylic acid groups (broad SMARTS) is 1. The maximum atomic E-state index is 12.4. The van der Waals surface area contributed by atoms with Gasteiger partial charge in [0.05, 0.1) is 6.42 Å². The van der Waals surface area contributed by atoms with E-state index in [0.29, 0.717) is 12.6 Å². The number of urea groups is 1. The Balaban J connectivity index is 1.52. The lowest BCUT2D eigenvalue weighted by Gasteiger charge is -2.36. The van der Waals surface area contributed by atoms with Crippen molar-refractivity contribution in [3.63, 3.8) is 0 Å². The van der Waals surface area contributed by atoms with E-state index in [4.69, 9.17) is 5.11 Å². The summed E-state index contributed by atoms with van der Waals surface area (Å²) in [6.07, 6.45) is 6.36. The third-order valence-electron chi connectivity index (χ3n) is 5.20. The van der Waals surface area contributed by atoms with Gasteiger partial charge in [-0.1, -0.05) is 0 Å². The van der Waals surface area contributed by atoms with Gasteiger partial charge in [-0.15, -0.1) is 0 Å². The number of nitrogens with zero attached hydrogens (tertiary/aromatic N) is 2. The van der Waals surface area contributed by atoms with E-state index in [-0.39, 0.29) is 24.5 Å². The van der Waals surface area contributed by atoms with Crippen LogP contribution in [0, 0.1) is 0 Å². The molecule has 2 amide bonds. The summed E-state index contributed by atoms with van der Waals surface area (Å²) in [4.78, 5) is 27.5. The van der Waals surface area contributed by atoms with Gasteiger partial charge in [0.15, 0.2) is 0 Å². The number of hydrogen-bond donors (Lipinski definition) is 2. The van der Waals surface area contributed by atoms with E-state index in [1.165, 1.54) is 19.4 Å². The van der Waals surface area contributed by atoms with E-state index in [0.717, 1.165) is 32.2 Å². The predicted molar refractivity (Wildman–Crippen MR) is 78.1 cm³/mol. The Bertz CT molecular complexity index is 415. The van der Waals surface area contributed by atoms with Crippen LogP contribution >= 0.6 is 0 Å². The van der Waals surface area contributed by atoms with E-state index < -0.39 is 5.97 Å². The van der Waals surface area contributed by atoms with Gasteiger partial charge in [0.1, 0.15) is 0 Å². The highest BCUT2D eigenvalue weighted by Gasteiger charge is 2.35. The zero-order valence-electron chi connectivity index (χ0n) is 12.5. The number of piperidine rings is 1. The van der Waals surface area contributed by atoms with E-state index in [2.05, 4.69) is 10.2 Å². The van der Waals surface area contributed by atoms with Crippen molar-refractivity contribution >= 4 is 12.0 Å². The van der Waals surface area contributed by atoms with E-state index in [9.17, 15) is 9.59 Å². The molecule has 3 atom stereocenters. The Hall–Kier alpha value is -1.30. The molecule has 3 fully saturated rings. The Morgan fingerprint density at radius 2 is 1.90 bits per heavy atom. The topological polar surface area (TPSA) is 72.9 Å². The lowest BCUT2D eigenvalue weighted by molar-refractivity contribution is -0.137. The Morgan fingerprint density at radius 3 is 2.71 bits per heavy atom. The summed E-state index contributed by atoms with van der Waals surface area (Å²) in [6.45, 7) is 2.97. The lowest BCUT2D eigenvalue weighted by Crippen LogP contribution is -2.52. The zero-order chi connectivity index (χ0) is 14.8. The molecular formula is C15H25N3O3. The highest BCUT2D eigenvalue weighted by atomic mass is 16.4. The molecule has 0 saturated carbocycles. The van der Waals surface area contributed by atoms with Gasteiger partial charge in [-0.2, -0.15) is 0 Å². The fourth-order valence-corrected chi connectivity index (χ4v) is 4.13. The van der Waals surface area contributed by atoms with Crippen molar-refractivity contribution in [2.45, 2.75) is 63.1 Å². The minimum Gasteiger partial charge on any atom is -0.481 e. The maximum Gasteiger partial charge on any atom is 0.317 e. The molecule has 6 nitrogen and oxygen atoms in total. The van der Waals surface area contributed by atoms with Gasteiger partial charge in [0, 0.05) is 31.2 Å². The van der Waals surface area contributed by atoms with Crippen molar-refractivity contribution in [3.05, 3.63) is 0 Å². The van der Waals surface area contributed by atoms with Gasteiger partial charge in [-0.25, -0.2) is 4.79 Å². The van der Waals surface area contributed by atoms with Gasteiger partial charge in [0.2, 0.25) is 0 Å². The minimum absolute atomic E-state index is 0.0600. The Kier molecular flexibility index (Phi) is 4.33. The van der Waals surface area contributed by atoms with Gasteiger partial charge >= 0.3 is 12.0 Å². The highest BCUT2D eigenvalue weighted by molar-refractivity contribution is 5.76. The fourth-order valence-electron chi connectivity index (χ4n) is 4.13. The molecule has 3 unspecified atom stereocenters. The first-order valence-corrected chi connectivity index (χ1v) is 8.16. The number of rotatable bonds is 3. The van der Waals surface area contributed by atoms with Crippen molar-refractivity contribution in [2.24, 2.45) is 0 Å². The second-order valence-electron chi connectivity index (χ2n) is 6.59. The van der Waals surface area contributed by atoms with Gasteiger partial charge in [-0.3, -0.25) is 4.79 Å². The molecule has 0 aromatic heterocycles. The molecule has 118 valence electrons. The van der Waals surface area contributed by atoms with Crippen LogP contribution in [0.1, 0.15) is 44.9 Å². The molecule has 21 heavy (non-hydrogen) atoms. The van der Waals surface area contributed by atoms with Gasteiger partial charge < -0.3 is 20.2 Å². The van der Waals surface area contributed by atoms with Crippen molar-refractivity contribution in [2.75, 3.05) is 19.6 Å². The average Bonchev–Trinajstić information content (AvgIpc) is 3.06. The first kappa shape index (κ1) is 14.6. The predicted octanol–water partition coefficient (Wildman–Crippen LogP) is 1.26. The summed E-state index contributed by atoms with van der Waals surface area (Å²) in [5, 5.41) is 12.1. The van der Waals surface area contributed by atoms with Crippen molar-refractivity contribution in [1.82, 2.24) is 15.1 Å². The number of fused-ring (bicyclic) bond motifs is 1. The van der Waals surface area contributed by atoms with Crippen LogP contribution < -0.4 is 5.32 Å². The summed E-state index contributed by atoms with van der Waals surface area (Å²) in [7, 11) is 0.